The highest BCUT2D eigenvalue weighted by atomic mass is 16.5. The van der Waals surface area contributed by atoms with Gasteiger partial charge < -0.3 is 15.6 Å². The molecule has 0 fully saturated rings. The molecule has 0 rings (SSSR count). The Balaban J connectivity index is 3.25. The van der Waals surface area contributed by atoms with Gasteiger partial charge in [-0.15, -0.1) is 0 Å². The fraction of sp³-hybridized carbons (Fsp3) is 0.833. The minimum absolute atomic E-state index is 0.0278. The van der Waals surface area contributed by atoms with E-state index in [-0.39, 0.29) is 12.5 Å². The number of carbonyl (C=O) groups is 1. The first-order valence-electron chi connectivity index (χ1n) is 3.22. The van der Waals surface area contributed by atoms with Gasteiger partial charge >= 0.3 is 5.97 Å². The lowest BCUT2D eigenvalue weighted by atomic mass is 10.2. The Hall–Kier alpha value is -0.610. The highest BCUT2D eigenvalue weighted by Gasteiger charge is 2.06. The molecule has 0 bridgehead atoms. The Bertz CT molecular complexity index is 105. The Kier molecular flexibility index (Phi) is 4.88. The van der Waals surface area contributed by atoms with Crippen LogP contribution in [0, 0.1) is 0 Å². The van der Waals surface area contributed by atoms with Crippen molar-refractivity contribution in [3.05, 3.63) is 0 Å². The van der Waals surface area contributed by atoms with Crippen LogP contribution in [-0.2, 0) is 9.53 Å². The van der Waals surface area contributed by atoms with Crippen LogP contribution in [0.1, 0.15) is 13.3 Å². The number of aliphatic carboxylic acids is 1. The zero-order valence-electron chi connectivity index (χ0n) is 6.04. The van der Waals surface area contributed by atoms with Gasteiger partial charge in [-0.05, 0) is 6.92 Å². The number of hydrogen-bond donors (Lipinski definition) is 2. The molecule has 0 aliphatic heterocycles. The van der Waals surface area contributed by atoms with Crippen molar-refractivity contribution in [3.63, 3.8) is 0 Å². The molecule has 0 spiro atoms. The second-order valence-electron chi connectivity index (χ2n) is 2.02. The lowest BCUT2D eigenvalue weighted by Gasteiger charge is -2.07. The standard InChI is InChI=1S/C6H13NO3/c1-2-10-4-5(7)3-6(8)9/h5H,2-4,7H2,1H3,(H,8,9)/t5-/m0/s1. The van der Waals surface area contributed by atoms with Crippen LogP contribution in [0.3, 0.4) is 0 Å². The summed E-state index contributed by atoms with van der Waals surface area (Å²) < 4.78 is 4.91. The van der Waals surface area contributed by atoms with Crippen LogP contribution < -0.4 is 5.73 Å². The van der Waals surface area contributed by atoms with Crippen molar-refractivity contribution in [1.82, 2.24) is 0 Å². The van der Waals surface area contributed by atoms with Crippen LogP contribution in [0.5, 0.6) is 0 Å². The quantitative estimate of drug-likeness (QED) is 0.566. The number of carboxylic acid groups (broad SMARTS) is 1. The summed E-state index contributed by atoms with van der Waals surface area (Å²) >= 11 is 0. The van der Waals surface area contributed by atoms with E-state index in [9.17, 15) is 4.79 Å². The highest BCUT2D eigenvalue weighted by Crippen LogP contribution is 1.88. The normalized spacial score (nSPS) is 13.0. The monoisotopic (exact) mass is 147 g/mol. The molecule has 60 valence electrons. The Morgan fingerprint density at radius 1 is 1.80 bits per heavy atom. The van der Waals surface area contributed by atoms with E-state index in [1.54, 1.807) is 0 Å². The molecular weight excluding hydrogens is 134 g/mol. The average molecular weight is 147 g/mol. The largest absolute Gasteiger partial charge is 0.481 e. The summed E-state index contributed by atoms with van der Waals surface area (Å²) in [6.45, 7) is 2.74. The van der Waals surface area contributed by atoms with E-state index >= 15 is 0 Å². The molecule has 0 unspecified atom stereocenters. The van der Waals surface area contributed by atoms with Gasteiger partial charge in [0, 0.05) is 12.6 Å². The second kappa shape index (κ2) is 5.20. The van der Waals surface area contributed by atoms with Crippen LogP contribution in [0.15, 0.2) is 0 Å². The third kappa shape index (κ3) is 5.53. The Morgan fingerprint density at radius 2 is 2.40 bits per heavy atom. The zero-order chi connectivity index (χ0) is 7.98. The molecule has 4 heteroatoms. The predicted molar refractivity (Wildman–Crippen MR) is 36.7 cm³/mol. The van der Waals surface area contributed by atoms with Crippen molar-refractivity contribution in [1.29, 1.82) is 0 Å². The maximum atomic E-state index is 10.0. The molecule has 0 heterocycles. The topological polar surface area (TPSA) is 72.5 Å². The molecule has 1 atom stereocenters. The SMILES string of the molecule is CCOC[C@@H](N)CC(=O)O. The van der Waals surface area contributed by atoms with Gasteiger partial charge in [-0.3, -0.25) is 4.79 Å². The molecule has 0 aromatic heterocycles. The van der Waals surface area contributed by atoms with Crippen molar-refractivity contribution in [3.8, 4) is 0 Å². The van der Waals surface area contributed by atoms with Crippen LogP contribution >= 0.6 is 0 Å². The molecule has 0 aromatic rings. The average Bonchev–Trinajstić information content (AvgIpc) is 1.82. The second-order valence-corrected chi connectivity index (χ2v) is 2.02. The fourth-order valence-corrected chi connectivity index (χ4v) is 0.552. The summed E-state index contributed by atoms with van der Waals surface area (Å²) in [5, 5.41) is 8.25. The van der Waals surface area contributed by atoms with Gasteiger partial charge in [0.15, 0.2) is 0 Å². The number of carboxylic acids is 1. The van der Waals surface area contributed by atoms with E-state index in [4.69, 9.17) is 15.6 Å². The maximum Gasteiger partial charge on any atom is 0.305 e. The molecule has 0 saturated carbocycles. The fourth-order valence-electron chi connectivity index (χ4n) is 0.552. The molecule has 10 heavy (non-hydrogen) atoms. The minimum Gasteiger partial charge on any atom is -0.481 e. The lowest BCUT2D eigenvalue weighted by Crippen LogP contribution is -2.28. The molecule has 3 N–H and O–H groups in total. The maximum absolute atomic E-state index is 10.0. The summed E-state index contributed by atoms with van der Waals surface area (Å²) in [6, 6.07) is -0.377. The third-order valence-corrected chi connectivity index (χ3v) is 0.973. The summed E-state index contributed by atoms with van der Waals surface area (Å²) in [5.41, 5.74) is 5.35. The van der Waals surface area contributed by atoms with Gasteiger partial charge in [-0.2, -0.15) is 0 Å². The number of rotatable bonds is 5. The van der Waals surface area contributed by atoms with E-state index in [1.165, 1.54) is 0 Å². The molecule has 0 aromatic carbocycles. The van der Waals surface area contributed by atoms with Crippen molar-refractivity contribution < 1.29 is 14.6 Å². The van der Waals surface area contributed by atoms with Crippen LogP contribution in [0.2, 0.25) is 0 Å². The first-order chi connectivity index (χ1) is 4.66. The van der Waals surface area contributed by atoms with Crippen molar-refractivity contribution in [2.24, 2.45) is 5.73 Å². The molecule has 4 nitrogen and oxygen atoms in total. The molecule has 0 aliphatic carbocycles. The van der Waals surface area contributed by atoms with Crippen LogP contribution in [0.25, 0.3) is 0 Å². The van der Waals surface area contributed by atoms with Gasteiger partial charge in [0.1, 0.15) is 0 Å². The summed E-state index contributed by atoms with van der Waals surface area (Å²) in [6.07, 6.45) is -0.0278. The van der Waals surface area contributed by atoms with E-state index in [0.717, 1.165) is 0 Å². The van der Waals surface area contributed by atoms with Crippen LogP contribution in [0.4, 0.5) is 0 Å². The lowest BCUT2D eigenvalue weighted by molar-refractivity contribution is -0.137. The van der Waals surface area contributed by atoms with Gasteiger partial charge in [-0.1, -0.05) is 0 Å². The summed E-state index contributed by atoms with van der Waals surface area (Å²) in [5.74, 6) is -0.882. The number of ether oxygens (including phenoxy) is 1. The molecule has 0 amide bonds. The molecule has 0 radical (unpaired) electrons. The van der Waals surface area contributed by atoms with Crippen molar-refractivity contribution in [2.75, 3.05) is 13.2 Å². The minimum atomic E-state index is -0.882. The smallest absolute Gasteiger partial charge is 0.305 e. The predicted octanol–water partition coefficient (Wildman–Crippen LogP) is -0.175. The highest BCUT2D eigenvalue weighted by molar-refractivity contribution is 5.67. The van der Waals surface area contributed by atoms with Gasteiger partial charge in [0.05, 0.1) is 13.0 Å². The molecule has 0 saturated heterocycles. The van der Waals surface area contributed by atoms with Gasteiger partial charge in [0.2, 0.25) is 0 Å². The van der Waals surface area contributed by atoms with Crippen molar-refractivity contribution >= 4 is 5.97 Å². The zero-order valence-corrected chi connectivity index (χ0v) is 6.04. The van der Waals surface area contributed by atoms with E-state index in [1.807, 2.05) is 6.92 Å². The van der Waals surface area contributed by atoms with Gasteiger partial charge in [-0.25, -0.2) is 0 Å². The third-order valence-electron chi connectivity index (χ3n) is 0.973. The molecule has 0 aliphatic rings. The summed E-state index contributed by atoms with van der Waals surface area (Å²) in [4.78, 5) is 10.0. The first-order valence-corrected chi connectivity index (χ1v) is 3.22. The van der Waals surface area contributed by atoms with Crippen molar-refractivity contribution in [2.45, 2.75) is 19.4 Å². The van der Waals surface area contributed by atoms with E-state index in [0.29, 0.717) is 13.2 Å². The summed E-state index contributed by atoms with van der Waals surface area (Å²) in [7, 11) is 0. The van der Waals surface area contributed by atoms with Crippen LogP contribution in [-0.4, -0.2) is 30.3 Å². The number of nitrogens with two attached hydrogens (primary N) is 1. The first kappa shape index (κ1) is 9.39. The number of hydrogen-bond acceptors (Lipinski definition) is 3. The van der Waals surface area contributed by atoms with E-state index < -0.39 is 5.97 Å². The Labute approximate surface area is 60.0 Å². The Morgan fingerprint density at radius 3 is 2.80 bits per heavy atom. The van der Waals surface area contributed by atoms with Gasteiger partial charge in [0.25, 0.3) is 0 Å². The van der Waals surface area contributed by atoms with E-state index in [2.05, 4.69) is 0 Å². The molecular formula is C6H13NO3.